The van der Waals surface area contributed by atoms with Crippen LogP contribution in [0.2, 0.25) is 0 Å². The van der Waals surface area contributed by atoms with Crippen LogP contribution in [0, 0.1) is 0 Å². The van der Waals surface area contributed by atoms with Gasteiger partial charge in [-0.05, 0) is 36.4 Å². The van der Waals surface area contributed by atoms with Crippen molar-refractivity contribution in [3.63, 3.8) is 0 Å². The van der Waals surface area contributed by atoms with E-state index in [9.17, 15) is 0 Å². The number of nitrogens with one attached hydrogen (secondary N) is 1. The van der Waals surface area contributed by atoms with Gasteiger partial charge >= 0.3 is 0 Å². The fourth-order valence-electron chi connectivity index (χ4n) is 3.12. The van der Waals surface area contributed by atoms with Gasteiger partial charge in [-0.3, -0.25) is 4.40 Å². The molecule has 0 aliphatic heterocycles. The molecule has 25 heavy (non-hydrogen) atoms. The molecule has 0 fully saturated rings. The molecule has 3 heterocycles. The Labute approximate surface area is 144 Å². The molecule has 120 valence electrons. The first-order valence-corrected chi connectivity index (χ1v) is 8.10. The molecule has 5 heteroatoms. The molecule has 0 saturated carbocycles. The Morgan fingerprint density at radius 1 is 0.800 bits per heavy atom. The molecule has 1 N–H and O–H groups in total. The highest BCUT2D eigenvalue weighted by molar-refractivity contribution is 5.86. The van der Waals surface area contributed by atoms with Gasteiger partial charge in [0.2, 0.25) is 0 Å². The van der Waals surface area contributed by atoms with E-state index < -0.39 is 0 Å². The summed E-state index contributed by atoms with van der Waals surface area (Å²) in [5.74, 6) is 0.788. The van der Waals surface area contributed by atoms with Gasteiger partial charge in [-0.25, -0.2) is 9.97 Å². The summed E-state index contributed by atoms with van der Waals surface area (Å²) >= 11 is 0. The van der Waals surface area contributed by atoms with Crippen LogP contribution in [0.15, 0.2) is 85.6 Å². The number of para-hydroxylation sites is 4. The van der Waals surface area contributed by atoms with Crippen LogP contribution in [-0.4, -0.2) is 18.9 Å². The molecule has 2 aromatic carbocycles. The van der Waals surface area contributed by atoms with Crippen LogP contribution in [0.3, 0.4) is 0 Å². The van der Waals surface area contributed by atoms with E-state index in [-0.39, 0.29) is 0 Å². The molecule has 0 unspecified atom stereocenters. The highest BCUT2D eigenvalue weighted by Crippen LogP contribution is 2.27. The number of hydrogen-bond donors (Lipinski definition) is 1. The molecular weight excluding hydrogens is 310 g/mol. The van der Waals surface area contributed by atoms with E-state index >= 15 is 0 Å². The highest BCUT2D eigenvalue weighted by Gasteiger charge is 2.11. The summed E-state index contributed by atoms with van der Waals surface area (Å²) in [6.07, 6.45) is 7.72. The Morgan fingerprint density at radius 2 is 1.60 bits per heavy atom. The third-order valence-corrected chi connectivity index (χ3v) is 4.29. The number of anilines is 2. The van der Waals surface area contributed by atoms with Gasteiger partial charge in [0, 0.05) is 12.4 Å². The zero-order valence-corrected chi connectivity index (χ0v) is 13.4. The van der Waals surface area contributed by atoms with Crippen molar-refractivity contribution in [3.8, 4) is 5.69 Å². The summed E-state index contributed by atoms with van der Waals surface area (Å²) in [6, 6.07) is 20.3. The van der Waals surface area contributed by atoms with Crippen molar-refractivity contribution in [3.05, 3.63) is 85.6 Å². The molecule has 5 nitrogen and oxygen atoms in total. The lowest BCUT2D eigenvalue weighted by Gasteiger charge is -2.14. The molecule has 5 aromatic rings. The summed E-state index contributed by atoms with van der Waals surface area (Å²) < 4.78 is 4.14. The first-order valence-electron chi connectivity index (χ1n) is 8.10. The minimum Gasteiger partial charge on any atom is -0.337 e. The fourth-order valence-corrected chi connectivity index (χ4v) is 3.12. The van der Waals surface area contributed by atoms with E-state index in [2.05, 4.69) is 37.5 Å². The van der Waals surface area contributed by atoms with Crippen molar-refractivity contribution in [1.82, 2.24) is 18.9 Å². The van der Waals surface area contributed by atoms with Gasteiger partial charge in [0.1, 0.15) is 5.52 Å². The average molecular weight is 325 g/mol. The molecule has 0 bridgehead atoms. The number of imidazole rings is 1. The van der Waals surface area contributed by atoms with Gasteiger partial charge in [-0.2, -0.15) is 0 Å². The van der Waals surface area contributed by atoms with Gasteiger partial charge in [0.15, 0.2) is 5.82 Å². The van der Waals surface area contributed by atoms with Crippen LogP contribution in [0.4, 0.5) is 11.5 Å². The smallest absolute Gasteiger partial charge is 0.157 e. The van der Waals surface area contributed by atoms with E-state index in [1.165, 1.54) is 0 Å². The van der Waals surface area contributed by atoms with Crippen LogP contribution in [0.25, 0.3) is 22.2 Å². The quantitative estimate of drug-likeness (QED) is 0.534. The van der Waals surface area contributed by atoms with Crippen molar-refractivity contribution in [1.29, 1.82) is 0 Å². The SMILES string of the molecule is c1ccc(-n2cccc2)c(Nc2nc3ccccc3n3cncc23)c1. The Kier molecular flexibility index (Phi) is 3.03. The van der Waals surface area contributed by atoms with Gasteiger partial charge in [0.25, 0.3) is 0 Å². The maximum absolute atomic E-state index is 4.81. The van der Waals surface area contributed by atoms with E-state index in [0.717, 1.165) is 33.7 Å². The minimum absolute atomic E-state index is 0.788. The van der Waals surface area contributed by atoms with Gasteiger partial charge in [-0.15, -0.1) is 0 Å². The molecule has 0 saturated heterocycles. The molecular formula is C20H15N5. The number of fused-ring (bicyclic) bond motifs is 3. The van der Waals surface area contributed by atoms with Crippen molar-refractivity contribution >= 4 is 28.1 Å². The normalized spacial score (nSPS) is 11.2. The fraction of sp³-hybridized carbons (Fsp3) is 0. The van der Waals surface area contributed by atoms with Crippen LogP contribution in [0.5, 0.6) is 0 Å². The summed E-state index contributed by atoms with van der Waals surface area (Å²) in [5, 5.41) is 3.49. The topological polar surface area (TPSA) is 47.2 Å². The Balaban J connectivity index is 1.69. The van der Waals surface area contributed by atoms with Gasteiger partial charge in [-0.1, -0.05) is 24.3 Å². The average Bonchev–Trinajstić information content (AvgIpc) is 3.34. The maximum Gasteiger partial charge on any atom is 0.157 e. The predicted molar refractivity (Wildman–Crippen MR) is 99.5 cm³/mol. The summed E-state index contributed by atoms with van der Waals surface area (Å²) in [5.41, 5.74) is 4.97. The van der Waals surface area contributed by atoms with Crippen LogP contribution in [0.1, 0.15) is 0 Å². The third kappa shape index (κ3) is 2.25. The first-order chi connectivity index (χ1) is 12.4. The maximum atomic E-state index is 4.81. The monoisotopic (exact) mass is 325 g/mol. The molecule has 0 radical (unpaired) electrons. The number of aromatic nitrogens is 4. The van der Waals surface area contributed by atoms with Crippen molar-refractivity contribution in [2.45, 2.75) is 0 Å². The van der Waals surface area contributed by atoms with E-state index in [1.807, 2.05) is 67.4 Å². The number of hydrogen-bond acceptors (Lipinski definition) is 3. The number of nitrogens with zero attached hydrogens (tertiary/aromatic N) is 4. The minimum atomic E-state index is 0.788. The van der Waals surface area contributed by atoms with E-state index in [4.69, 9.17) is 4.98 Å². The molecule has 0 atom stereocenters. The lowest BCUT2D eigenvalue weighted by atomic mass is 10.2. The van der Waals surface area contributed by atoms with Gasteiger partial charge < -0.3 is 9.88 Å². The third-order valence-electron chi connectivity index (χ3n) is 4.29. The zero-order valence-electron chi connectivity index (χ0n) is 13.4. The summed E-state index contributed by atoms with van der Waals surface area (Å²) in [6.45, 7) is 0. The lowest BCUT2D eigenvalue weighted by molar-refractivity contribution is 1.08. The highest BCUT2D eigenvalue weighted by atomic mass is 15.1. The number of rotatable bonds is 3. The standard InChI is InChI=1S/C20H15N5/c1-3-9-17(24-11-5-6-12-24)15(7-1)22-20-19-13-21-14-25(19)18-10-4-2-8-16(18)23-20/h1-14H,(H,22,23). The predicted octanol–water partition coefficient (Wildman–Crippen LogP) is 4.42. The zero-order chi connectivity index (χ0) is 16.6. The second-order valence-electron chi connectivity index (χ2n) is 5.83. The van der Waals surface area contributed by atoms with Crippen LogP contribution < -0.4 is 5.32 Å². The van der Waals surface area contributed by atoms with Crippen LogP contribution >= 0.6 is 0 Å². The summed E-state index contributed by atoms with van der Waals surface area (Å²) in [4.78, 5) is 9.12. The molecule has 3 aromatic heterocycles. The van der Waals surface area contributed by atoms with E-state index in [1.54, 1.807) is 0 Å². The molecule has 0 aliphatic carbocycles. The van der Waals surface area contributed by atoms with Gasteiger partial charge in [0.05, 0.1) is 34.9 Å². The largest absolute Gasteiger partial charge is 0.337 e. The Hall–Kier alpha value is -3.60. The van der Waals surface area contributed by atoms with E-state index in [0.29, 0.717) is 0 Å². The van der Waals surface area contributed by atoms with Crippen molar-refractivity contribution < 1.29 is 0 Å². The van der Waals surface area contributed by atoms with Crippen molar-refractivity contribution in [2.75, 3.05) is 5.32 Å². The number of benzene rings is 2. The molecule has 0 aliphatic rings. The van der Waals surface area contributed by atoms with Crippen molar-refractivity contribution in [2.24, 2.45) is 0 Å². The summed E-state index contributed by atoms with van der Waals surface area (Å²) in [7, 11) is 0. The van der Waals surface area contributed by atoms with Crippen LogP contribution in [-0.2, 0) is 0 Å². The second-order valence-corrected chi connectivity index (χ2v) is 5.83. The molecule has 5 rings (SSSR count). The molecule has 0 amide bonds. The molecule has 0 spiro atoms. The first kappa shape index (κ1) is 13.8. The Morgan fingerprint density at radius 3 is 2.52 bits per heavy atom. The second kappa shape index (κ2) is 5.49. The Bertz CT molecular complexity index is 1170. The lowest BCUT2D eigenvalue weighted by Crippen LogP contribution is -2.02.